The molecule has 2 aromatic rings. The first-order valence-corrected chi connectivity index (χ1v) is 7.72. The number of nitrogens with zero attached hydrogens (tertiary/aromatic N) is 2. The van der Waals surface area contributed by atoms with E-state index in [2.05, 4.69) is 27.1 Å². The van der Waals surface area contributed by atoms with E-state index < -0.39 is 0 Å². The number of hydrogen-bond donors (Lipinski definition) is 2. The van der Waals surface area contributed by atoms with Gasteiger partial charge in [0.1, 0.15) is 0 Å². The van der Waals surface area contributed by atoms with Gasteiger partial charge in [-0.2, -0.15) is 0 Å². The van der Waals surface area contributed by atoms with Crippen molar-refractivity contribution in [1.29, 1.82) is 0 Å². The van der Waals surface area contributed by atoms with Crippen LogP contribution < -0.4 is 5.32 Å². The van der Waals surface area contributed by atoms with Crippen LogP contribution in [0.25, 0.3) is 11.0 Å². The van der Waals surface area contributed by atoms with E-state index in [0.29, 0.717) is 17.9 Å². The number of nitrogens with one attached hydrogen (secondary N) is 2. The molecular formula is C16H20N4O. The van der Waals surface area contributed by atoms with Gasteiger partial charge in [-0.15, -0.1) is 0 Å². The number of amides is 1. The number of imidazole rings is 1. The van der Waals surface area contributed by atoms with Crippen LogP contribution >= 0.6 is 0 Å². The second kappa shape index (κ2) is 4.84. The number of H-pyrrole nitrogens is 1. The topological polar surface area (TPSA) is 61.0 Å². The largest absolute Gasteiger partial charge is 0.345 e. The van der Waals surface area contributed by atoms with Crippen molar-refractivity contribution in [2.45, 2.75) is 19.4 Å². The molecule has 0 spiro atoms. The van der Waals surface area contributed by atoms with Crippen molar-refractivity contribution in [2.24, 2.45) is 11.8 Å². The van der Waals surface area contributed by atoms with Crippen molar-refractivity contribution < 1.29 is 4.79 Å². The number of benzene rings is 1. The van der Waals surface area contributed by atoms with Crippen molar-refractivity contribution in [2.75, 3.05) is 19.6 Å². The second-order valence-corrected chi connectivity index (χ2v) is 6.15. The van der Waals surface area contributed by atoms with Crippen molar-refractivity contribution >= 4 is 16.9 Å². The number of carbonyl (C=O) groups is 1. The molecule has 2 fully saturated rings. The fourth-order valence-corrected chi connectivity index (χ4v) is 4.01. The Labute approximate surface area is 123 Å². The molecule has 1 aromatic heterocycles. The van der Waals surface area contributed by atoms with E-state index in [1.54, 1.807) is 6.33 Å². The highest BCUT2D eigenvalue weighted by Gasteiger charge is 2.45. The van der Waals surface area contributed by atoms with Gasteiger partial charge in [0.25, 0.3) is 5.91 Å². The highest BCUT2D eigenvalue weighted by Crippen LogP contribution is 2.35. The zero-order chi connectivity index (χ0) is 14.4. The predicted molar refractivity (Wildman–Crippen MR) is 81.1 cm³/mol. The average Bonchev–Trinajstić information content (AvgIpc) is 3.20. The minimum Gasteiger partial charge on any atom is -0.345 e. The van der Waals surface area contributed by atoms with E-state index in [4.69, 9.17) is 0 Å². The summed E-state index contributed by atoms with van der Waals surface area (Å²) in [6.07, 6.45) is 2.70. The molecule has 5 heteroatoms. The molecule has 2 aliphatic rings. The molecule has 1 aromatic carbocycles. The Kier molecular flexibility index (Phi) is 2.96. The van der Waals surface area contributed by atoms with Crippen LogP contribution in [0.4, 0.5) is 0 Å². The molecule has 5 nitrogen and oxygen atoms in total. The van der Waals surface area contributed by atoms with Gasteiger partial charge < -0.3 is 15.2 Å². The van der Waals surface area contributed by atoms with Crippen LogP contribution in [0, 0.1) is 11.8 Å². The van der Waals surface area contributed by atoms with Crippen LogP contribution in [0.3, 0.4) is 0 Å². The lowest BCUT2D eigenvalue weighted by molar-refractivity contribution is 0.0712. The molecule has 0 aliphatic carbocycles. The maximum atomic E-state index is 12.9. The number of carbonyl (C=O) groups excluding carboxylic acids is 1. The fraction of sp³-hybridized carbons (Fsp3) is 0.500. The molecule has 2 N–H and O–H groups in total. The third kappa shape index (κ3) is 1.95. The number of rotatable bonds is 2. The number of hydrogen-bond acceptors (Lipinski definition) is 3. The molecule has 110 valence electrons. The van der Waals surface area contributed by atoms with Crippen LogP contribution in [0.15, 0.2) is 24.5 Å². The normalized spacial score (nSPS) is 28.2. The van der Waals surface area contributed by atoms with Crippen molar-refractivity contribution in [3.63, 3.8) is 0 Å². The highest BCUT2D eigenvalue weighted by atomic mass is 16.2. The number of aromatic amines is 1. The van der Waals surface area contributed by atoms with E-state index in [1.165, 1.54) is 0 Å². The molecular weight excluding hydrogens is 264 g/mol. The van der Waals surface area contributed by atoms with Gasteiger partial charge in [-0.05, 0) is 36.5 Å². The summed E-state index contributed by atoms with van der Waals surface area (Å²) in [6, 6.07) is 6.10. The molecule has 21 heavy (non-hydrogen) atoms. The summed E-state index contributed by atoms with van der Waals surface area (Å²) in [5.74, 6) is 1.40. The SMILES string of the molecule is CCC1C2CNCC2CN1C(=O)c1ccc2nc[nH]c2c1. The first-order chi connectivity index (χ1) is 10.3. The van der Waals surface area contributed by atoms with Crippen molar-refractivity contribution in [3.8, 4) is 0 Å². The molecule has 3 unspecified atom stereocenters. The Hall–Kier alpha value is -1.88. The number of fused-ring (bicyclic) bond motifs is 2. The van der Waals surface area contributed by atoms with Gasteiger partial charge in [0.05, 0.1) is 17.4 Å². The fourth-order valence-electron chi connectivity index (χ4n) is 4.01. The predicted octanol–water partition coefficient (Wildman–Crippen LogP) is 1.63. The molecule has 0 bridgehead atoms. The Balaban J connectivity index is 1.64. The van der Waals surface area contributed by atoms with E-state index in [0.717, 1.165) is 42.7 Å². The Morgan fingerprint density at radius 3 is 3.19 bits per heavy atom. The summed E-state index contributed by atoms with van der Waals surface area (Å²) in [6.45, 7) is 5.16. The maximum Gasteiger partial charge on any atom is 0.254 e. The maximum absolute atomic E-state index is 12.9. The zero-order valence-corrected chi connectivity index (χ0v) is 12.2. The molecule has 1 amide bonds. The lowest BCUT2D eigenvalue weighted by Gasteiger charge is -2.27. The molecule has 0 radical (unpaired) electrons. The minimum atomic E-state index is 0.160. The molecule has 3 heterocycles. The van der Waals surface area contributed by atoms with E-state index >= 15 is 0 Å². The molecule has 3 atom stereocenters. The van der Waals surface area contributed by atoms with E-state index in [9.17, 15) is 4.79 Å². The number of likely N-dealkylation sites (tertiary alicyclic amines) is 1. The second-order valence-electron chi connectivity index (χ2n) is 6.15. The number of aromatic nitrogens is 2. The molecule has 2 aliphatic heterocycles. The van der Waals surface area contributed by atoms with Gasteiger partial charge in [-0.3, -0.25) is 4.79 Å². The monoisotopic (exact) mass is 284 g/mol. The van der Waals surface area contributed by atoms with Crippen molar-refractivity contribution in [1.82, 2.24) is 20.2 Å². The van der Waals surface area contributed by atoms with Gasteiger partial charge in [-0.25, -0.2) is 4.98 Å². The summed E-state index contributed by atoms with van der Waals surface area (Å²) in [5, 5.41) is 3.46. The van der Waals surface area contributed by atoms with Gasteiger partial charge in [0, 0.05) is 31.2 Å². The van der Waals surface area contributed by atoms with Gasteiger partial charge in [0.2, 0.25) is 0 Å². The standard InChI is InChI=1S/C16H20N4O/c1-2-15-12-7-17-6-11(12)8-20(15)16(21)10-3-4-13-14(5-10)19-9-18-13/h3-5,9,11-12,15,17H,2,6-8H2,1H3,(H,18,19). The average molecular weight is 284 g/mol. The van der Waals surface area contributed by atoms with Crippen LogP contribution in [0.2, 0.25) is 0 Å². The minimum absolute atomic E-state index is 0.160. The smallest absolute Gasteiger partial charge is 0.254 e. The van der Waals surface area contributed by atoms with E-state index in [1.807, 2.05) is 18.2 Å². The van der Waals surface area contributed by atoms with Gasteiger partial charge in [-0.1, -0.05) is 6.92 Å². The summed E-state index contributed by atoms with van der Waals surface area (Å²) < 4.78 is 0. The van der Waals surface area contributed by atoms with Crippen LogP contribution in [-0.4, -0.2) is 46.5 Å². The molecule has 2 saturated heterocycles. The molecule has 0 saturated carbocycles. The van der Waals surface area contributed by atoms with Crippen LogP contribution in [0.1, 0.15) is 23.7 Å². The molecule has 4 rings (SSSR count). The lowest BCUT2D eigenvalue weighted by atomic mass is 9.93. The third-order valence-electron chi connectivity index (χ3n) is 5.06. The zero-order valence-electron chi connectivity index (χ0n) is 12.2. The van der Waals surface area contributed by atoms with E-state index in [-0.39, 0.29) is 5.91 Å². The summed E-state index contributed by atoms with van der Waals surface area (Å²) in [7, 11) is 0. The van der Waals surface area contributed by atoms with Crippen LogP contribution in [0.5, 0.6) is 0 Å². The Bertz CT molecular complexity index is 680. The van der Waals surface area contributed by atoms with Gasteiger partial charge >= 0.3 is 0 Å². The first kappa shape index (κ1) is 12.8. The summed E-state index contributed by atoms with van der Waals surface area (Å²) in [5.41, 5.74) is 2.59. The lowest BCUT2D eigenvalue weighted by Crippen LogP contribution is -2.39. The highest BCUT2D eigenvalue weighted by molar-refractivity contribution is 5.97. The Morgan fingerprint density at radius 2 is 2.33 bits per heavy atom. The first-order valence-electron chi connectivity index (χ1n) is 7.72. The van der Waals surface area contributed by atoms with Gasteiger partial charge in [0.15, 0.2) is 0 Å². The van der Waals surface area contributed by atoms with Crippen LogP contribution in [-0.2, 0) is 0 Å². The summed E-state index contributed by atoms with van der Waals surface area (Å²) >= 11 is 0. The summed E-state index contributed by atoms with van der Waals surface area (Å²) in [4.78, 5) is 22.3. The third-order valence-corrected chi connectivity index (χ3v) is 5.06. The quantitative estimate of drug-likeness (QED) is 0.881. The van der Waals surface area contributed by atoms with Crippen molar-refractivity contribution in [3.05, 3.63) is 30.1 Å². The Morgan fingerprint density at radius 1 is 1.43 bits per heavy atom.